The van der Waals surface area contributed by atoms with Gasteiger partial charge in [-0.3, -0.25) is 4.79 Å². The molecule has 0 saturated carbocycles. The molecule has 142 valence electrons. The summed E-state index contributed by atoms with van der Waals surface area (Å²) in [6, 6.07) is 15.3. The average Bonchev–Trinajstić information content (AvgIpc) is 3.13. The number of aromatic nitrogens is 1. The van der Waals surface area contributed by atoms with E-state index in [1.165, 1.54) is 0 Å². The first kappa shape index (κ1) is 19.2. The molecule has 0 bridgehead atoms. The van der Waals surface area contributed by atoms with E-state index in [4.69, 9.17) is 9.15 Å². The summed E-state index contributed by atoms with van der Waals surface area (Å²) in [6.07, 6.45) is 2.08. The molecule has 0 atom stereocenters. The van der Waals surface area contributed by atoms with E-state index >= 15 is 0 Å². The van der Waals surface area contributed by atoms with Crippen molar-refractivity contribution in [1.82, 2.24) is 15.6 Å². The first-order valence-electron chi connectivity index (χ1n) is 8.88. The van der Waals surface area contributed by atoms with Crippen molar-refractivity contribution in [2.45, 2.75) is 25.5 Å². The average molecular weight is 388 g/mol. The SMILES string of the molecule is Cl.O=C(NCc1ccccc1)c1nc2c(OC3CCNCC3)cccc2o1. The van der Waals surface area contributed by atoms with Crippen LogP contribution in [0.1, 0.15) is 29.1 Å². The normalized spacial score (nSPS) is 14.5. The van der Waals surface area contributed by atoms with Gasteiger partial charge in [0.2, 0.25) is 0 Å². The van der Waals surface area contributed by atoms with E-state index in [9.17, 15) is 4.79 Å². The van der Waals surface area contributed by atoms with E-state index < -0.39 is 0 Å². The van der Waals surface area contributed by atoms with Gasteiger partial charge in [0.25, 0.3) is 5.89 Å². The molecule has 1 aliphatic rings. The number of amides is 1. The number of carbonyl (C=O) groups is 1. The fraction of sp³-hybridized carbons (Fsp3) is 0.300. The number of fused-ring (bicyclic) bond motifs is 1. The van der Waals surface area contributed by atoms with Gasteiger partial charge in [-0.05, 0) is 43.6 Å². The molecule has 4 rings (SSSR count). The van der Waals surface area contributed by atoms with Crippen LogP contribution in [0.3, 0.4) is 0 Å². The predicted molar refractivity (Wildman–Crippen MR) is 105 cm³/mol. The molecule has 1 saturated heterocycles. The maximum atomic E-state index is 12.4. The minimum atomic E-state index is -0.335. The Hall–Kier alpha value is -2.57. The summed E-state index contributed by atoms with van der Waals surface area (Å²) in [7, 11) is 0. The number of hydrogen-bond donors (Lipinski definition) is 2. The zero-order valence-electron chi connectivity index (χ0n) is 14.8. The molecule has 27 heavy (non-hydrogen) atoms. The van der Waals surface area contributed by atoms with E-state index in [0.29, 0.717) is 23.4 Å². The number of halogens is 1. The van der Waals surface area contributed by atoms with Crippen LogP contribution in [0.4, 0.5) is 0 Å². The van der Waals surface area contributed by atoms with Gasteiger partial charge in [0.1, 0.15) is 11.9 Å². The molecule has 7 heteroatoms. The Morgan fingerprint density at radius 2 is 1.93 bits per heavy atom. The number of para-hydroxylation sites is 1. The van der Waals surface area contributed by atoms with Crippen molar-refractivity contribution in [3.8, 4) is 5.75 Å². The standard InChI is InChI=1S/C20H21N3O3.ClH/c24-19(22-13-14-5-2-1-3-6-14)20-23-18-16(7-4-8-17(18)26-20)25-15-9-11-21-12-10-15;/h1-8,15,21H,9-13H2,(H,22,24);1H. The molecule has 2 aromatic carbocycles. The first-order valence-corrected chi connectivity index (χ1v) is 8.88. The van der Waals surface area contributed by atoms with Gasteiger partial charge in [0, 0.05) is 6.54 Å². The van der Waals surface area contributed by atoms with Gasteiger partial charge >= 0.3 is 5.91 Å². The van der Waals surface area contributed by atoms with Crippen LogP contribution >= 0.6 is 12.4 Å². The molecule has 0 spiro atoms. The highest BCUT2D eigenvalue weighted by molar-refractivity contribution is 5.93. The quantitative estimate of drug-likeness (QED) is 0.702. The Kier molecular flexibility index (Phi) is 6.32. The van der Waals surface area contributed by atoms with Gasteiger partial charge in [0.15, 0.2) is 11.1 Å². The van der Waals surface area contributed by atoms with Crippen molar-refractivity contribution in [1.29, 1.82) is 0 Å². The van der Waals surface area contributed by atoms with Gasteiger partial charge < -0.3 is 19.8 Å². The Morgan fingerprint density at radius 3 is 2.70 bits per heavy atom. The summed E-state index contributed by atoms with van der Waals surface area (Å²) in [5, 5.41) is 6.15. The number of hydrogen-bond acceptors (Lipinski definition) is 5. The second kappa shape index (κ2) is 8.88. The molecule has 0 radical (unpaired) electrons. The summed E-state index contributed by atoms with van der Waals surface area (Å²) >= 11 is 0. The number of oxazole rings is 1. The lowest BCUT2D eigenvalue weighted by Gasteiger charge is -2.23. The van der Waals surface area contributed by atoms with Gasteiger partial charge in [-0.1, -0.05) is 36.4 Å². The zero-order chi connectivity index (χ0) is 17.8. The van der Waals surface area contributed by atoms with Crippen molar-refractivity contribution in [2.75, 3.05) is 13.1 Å². The van der Waals surface area contributed by atoms with Crippen molar-refractivity contribution in [2.24, 2.45) is 0 Å². The minimum absolute atomic E-state index is 0. The molecule has 2 heterocycles. The Balaban J connectivity index is 0.00000210. The highest BCUT2D eigenvalue weighted by Gasteiger charge is 2.20. The molecule has 0 unspecified atom stereocenters. The van der Waals surface area contributed by atoms with Crippen LogP contribution in [0.2, 0.25) is 0 Å². The molecule has 1 fully saturated rings. The monoisotopic (exact) mass is 387 g/mol. The van der Waals surface area contributed by atoms with Crippen molar-refractivity contribution < 1.29 is 13.9 Å². The molecular formula is C20H22ClN3O3. The van der Waals surface area contributed by atoms with Crippen molar-refractivity contribution >= 4 is 29.4 Å². The minimum Gasteiger partial charge on any atom is -0.488 e. The number of rotatable bonds is 5. The summed E-state index contributed by atoms with van der Waals surface area (Å²) in [5.74, 6) is 0.385. The summed E-state index contributed by atoms with van der Waals surface area (Å²) in [6.45, 7) is 2.33. The second-order valence-electron chi connectivity index (χ2n) is 6.36. The number of piperidine rings is 1. The number of nitrogens with zero attached hydrogens (tertiary/aromatic N) is 1. The van der Waals surface area contributed by atoms with E-state index in [2.05, 4.69) is 15.6 Å². The molecule has 2 N–H and O–H groups in total. The molecule has 3 aromatic rings. The molecule has 1 aliphatic heterocycles. The Bertz CT molecular complexity index is 892. The van der Waals surface area contributed by atoms with Crippen molar-refractivity contribution in [3.05, 3.63) is 60.0 Å². The molecule has 1 amide bonds. The smallest absolute Gasteiger partial charge is 0.307 e. The van der Waals surface area contributed by atoms with Crippen LogP contribution < -0.4 is 15.4 Å². The maximum absolute atomic E-state index is 12.4. The number of carbonyl (C=O) groups excluding carboxylic acids is 1. The van der Waals surface area contributed by atoms with Crippen molar-refractivity contribution in [3.63, 3.8) is 0 Å². The third kappa shape index (κ3) is 4.59. The predicted octanol–water partition coefficient (Wildman–Crippen LogP) is 3.31. The third-order valence-corrected chi connectivity index (χ3v) is 4.45. The first-order chi connectivity index (χ1) is 12.8. The summed E-state index contributed by atoms with van der Waals surface area (Å²) in [5.41, 5.74) is 2.17. The number of ether oxygens (including phenoxy) is 1. The van der Waals surface area contributed by atoms with E-state index in [1.807, 2.05) is 42.5 Å². The largest absolute Gasteiger partial charge is 0.488 e. The topological polar surface area (TPSA) is 76.4 Å². The maximum Gasteiger partial charge on any atom is 0.307 e. The number of nitrogens with one attached hydrogen (secondary N) is 2. The van der Waals surface area contributed by atoms with Gasteiger partial charge in [-0.25, -0.2) is 4.98 Å². The van der Waals surface area contributed by atoms with Crippen LogP contribution in [-0.4, -0.2) is 30.1 Å². The highest BCUT2D eigenvalue weighted by atomic mass is 35.5. The Labute approximate surface area is 163 Å². The van der Waals surface area contributed by atoms with Gasteiger partial charge in [-0.2, -0.15) is 0 Å². The zero-order valence-corrected chi connectivity index (χ0v) is 15.6. The lowest BCUT2D eigenvalue weighted by atomic mass is 10.1. The Morgan fingerprint density at radius 1 is 1.15 bits per heavy atom. The van der Waals surface area contributed by atoms with Crippen LogP contribution in [0.25, 0.3) is 11.1 Å². The summed E-state index contributed by atoms with van der Waals surface area (Å²) in [4.78, 5) is 16.7. The fourth-order valence-corrected chi connectivity index (χ4v) is 3.06. The third-order valence-electron chi connectivity index (χ3n) is 4.45. The van der Waals surface area contributed by atoms with Crippen LogP contribution in [0, 0.1) is 0 Å². The van der Waals surface area contributed by atoms with E-state index in [0.717, 1.165) is 31.5 Å². The second-order valence-corrected chi connectivity index (χ2v) is 6.36. The lowest BCUT2D eigenvalue weighted by molar-refractivity contribution is 0.0918. The fourth-order valence-electron chi connectivity index (χ4n) is 3.06. The molecule has 0 aliphatic carbocycles. The van der Waals surface area contributed by atoms with Gasteiger partial charge in [0.05, 0.1) is 0 Å². The molecule has 1 aromatic heterocycles. The number of benzene rings is 2. The van der Waals surface area contributed by atoms with E-state index in [-0.39, 0.29) is 30.3 Å². The van der Waals surface area contributed by atoms with Crippen LogP contribution in [-0.2, 0) is 6.54 Å². The molecule has 6 nitrogen and oxygen atoms in total. The van der Waals surface area contributed by atoms with Crippen LogP contribution in [0.15, 0.2) is 52.9 Å². The summed E-state index contributed by atoms with van der Waals surface area (Å²) < 4.78 is 11.7. The van der Waals surface area contributed by atoms with Crippen LogP contribution in [0.5, 0.6) is 5.75 Å². The molecular weight excluding hydrogens is 366 g/mol. The van der Waals surface area contributed by atoms with E-state index in [1.54, 1.807) is 6.07 Å². The lowest BCUT2D eigenvalue weighted by Crippen LogP contribution is -2.34. The highest BCUT2D eigenvalue weighted by Crippen LogP contribution is 2.27. The van der Waals surface area contributed by atoms with Gasteiger partial charge in [-0.15, -0.1) is 12.4 Å².